The fourth-order valence-corrected chi connectivity index (χ4v) is 1.80. The molecule has 0 spiro atoms. The van der Waals surface area contributed by atoms with E-state index in [1.165, 1.54) is 0 Å². The Bertz CT molecular complexity index is 607. The molecule has 0 bridgehead atoms. The zero-order chi connectivity index (χ0) is 24.1. The molecule has 0 saturated heterocycles. The molecule has 0 N–H and O–H groups in total. The normalized spacial score (nSPS) is 16.6. The van der Waals surface area contributed by atoms with Crippen LogP contribution >= 0.6 is 0 Å². The van der Waals surface area contributed by atoms with Crippen molar-refractivity contribution in [3.8, 4) is 0 Å². The average Bonchev–Trinajstić information content (AvgIpc) is 2.51. The number of halogens is 15. The van der Waals surface area contributed by atoms with Crippen LogP contribution in [0.15, 0.2) is 0 Å². The smallest absolute Gasteiger partial charge is 0.460 e. The molecule has 0 aromatic heterocycles. The van der Waals surface area contributed by atoms with E-state index in [4.69, 9.17) is 0 Å². The van der Waals surface area contributed by atoms with Crippen LogP contribution in [-0.2, 0) is 9.53 Å². The number of methoxy groups -OCH3 is 1. The van der Waals surface area contributed by atoms with Gasteiger partial charge in [0.15, 0.2) is 0 Å². The number of ether oxygens (including phenoxy) is 1. The van der Waals surface area contributed by atoms with E-state index in [0.29, 0.717) is 14.0 Å². The van der Waals surface area contributed by atoms with Crippen LogP contribution < -0.4 is 0 Å². The van der Waals surface area contributed by atoms with Gasteiger partial charge in [0.25, 0.3) is 0 Å². The molecule has 174 valence electrons. The Balaban J connectivity index is 6.39. The summed E-state index contributed by atoms with van der Waals surface area (Å²) in [5, 5.41) is 0. The molecule has 17 heteroatoms. The largest absolute Gasteiger partial charge is 0.469 e. The number of hydrogen-bond acceptors (Lipinski definition) is 2. The second kappa shape index (κ2) is 7.28. The monoisotopic (exact) mass is 470 g/mol. The molecule has 0 aliphatic heterocycles. The number of esters is 1. The van der Waals surface area contributed by atoms with Crippen LogP contribution in [0.4, 0.5) is 65.9 Å². The minimum absolute atomic E-state index is 0.332. The van der Waals surface area contributed by atoms with E-state index in [1.54, 1.807) is 0 Å². The minimum atomic E-state index is -8.33. The lowest BCUT2D eigenvalue weighted by Gasteiger charge is -2.41. The van der Waals surface area contributed by atoms with E-state index in [2.05, 4.69) is 4.74 Å². The highest BCUT2D eigenvalue weighted by Gasteiger charge is 2.93. The van der Waals surface area contributed by atoms with E-state index < -0.39 is 60.0 Å². The first-order valence-electron chi connectivity index (χ1n) is 6.78. The number of rotatable bonds is 8. The Hall–Kier alpha value is -1.58. The van der Waals surface area contributed by atoms with Crippen LogP contribution in [0.5, 0.6) is 0 Å². The molecule has 0 radical (unpaired) electrons. The molecule has 29 heavy (non-hydrogen) atoms. The first-order chi connectivity index (χ1) is 12.4. The van der Waals surface area contributed by atoms with Crippen LogP contribution in [0.1, 0.15) is 13.3 Å². The topological polar surface area (TPSA) is 26.3 Å². The predicted octanol–water partition coefficient (Wildman–Crippen LogP) is 5.56. The van der Waals surface area contributed by atoms with Gasteiger partial charge in [-0.25, -0.2) is 0 Å². The Morgan fingerprint density at radius 1 is 0.655 bits per heavy atom. The highest BCUT2D eigenvalue weighted by Crippen LogP contribution is 2.62. The van der Waals surface area contributed by atoms with E-state index in [9.17, 15) is 70.7 Å². The fraction of sp³-hybridized carbons (Fsp3) is 0.917. The summed E-state index contributed by atoms with van der Waals surface area (Å²) in [4.78, 5) is 10.9. The van der Waals surface area contributed by atoms with E-state index in [1.807, 2.05) is 0 Å². The molecule has 0 aliphatic carbocycles. The Morgan fingerprint density at radius 2 is 0.966 bits per heavy atom. The average molecular weight is 470 g/mol. The fourth-order valence-electron chi connectivity index (χ4n) is 1.80. The van der Waals surface area contributed by atoms with Gasteiger partial charge >= 0.3 is 47.7 Å². The van der Waals surface area contributed by atoms with Gasteiger partial charge < -0.3 is 4.74 Å². The van der Waals surface area contributed by atoms with Gasteiger partial charge in [-0.1, -0.05) is 6.92 Å². The predicted molar refractivity (Wildman–Crippen MR) is 61.5 cm³/mol. The molecule has 1 atom stereocenters. The highest BCUT2D eigenvalue weighted by atomic mass is 19.4. The molecule has 0 aromatic rings. The molecule has 0 amide bonds. The summed E-state index contributed by atoms with van der Waals surface area (Å²) in [7, 11) is 0.498. The molecule has 0 aliphatic rings. The van der Waals surface area contributed by atoms with E-state index >= 15 is 0 Å². The van der Waals surface area contributed by atoms with Crippen LogP contribution in [0.2, 0.25) is 0 Å². The lowest BCUT2D eigenvalue weighted by atomic mass is 9.88. The molecule has 0 fully saturated rings. The van der Waals surface area contributed by atoms with Crippen LogP contribution in [-0.4, -0.2) is 54.8 Å². The van der Waals surface area contributed by atoms with Gasteiger partial charge in [0.05, 0.1) is 13.0 Å². The zero-order valence-corrected chi connectivity index (χ0v) is 13.8. The number of carbonyl (C=O) groups is 1. The first-order valence-corrected chi connectivity index (χ1v) is 6.78. The molecular formula is C12H9F15O2. The third-order valence-corrected chi connectivity index (χ3v) is 3.56. The maximum atomic E-state index is 13.5. The maximum Gasteiger partial charge on any atom is 0.460 e. The number of hydrogen-bond donors (Lipinski definition) is 0. The Labute approximate surface area is 151 Å². The molecule has 2 nitrogen and oxygen atoms in total. The van der Waals surface area contributed by atoms with Crippen LogP contribution in [0.3, 0.4) is 0 Å². The summed E-state index contributed by atoms with van der Waals surface area (Å²) < 4.78 is 197. The third kappa shape index (κ3) is 3.92. The van der Waals surface area contributed by atoms with Gasteiger partial charge in [-0.2, -0.15) is 65.9 Å². The van der Waals surface area contributed by atoms with Gasteiger partial charge in [0.2, 0.25) is 0 Å². The second-order valence-electron chi connectivity index (χ2n) is 5.70. The summed E-state index contributed by atoms with van der Waals surface area (Å²) in [6, 6.07) is 0. The summed E-state index contributed by atoms with van der Waals surface area (Å²) in [5.74, 6) is -51.1. The lowest BCUT2D eigenvalue weighted by molar-refractivity contribution is -0.452. The quantitative estimate of drug-likeness (QED) is 0.343. The summed E-state index contributed by atoms with van der Waals surface area (Å²) in [5.41, 5.74) is 0. The van der Waals surface area contributed by atoms with E-state index in [-0.39, 0.29) is 0 Å². The van der Waals surface area contributed by atoms with Crippen LogP contribution in [0.25, 0.3) is 0 Å². The van der Waals surface area contributed by atoms with E-state index in [0.717, 1.165) is 0 Å². The summed E-state index contributed by atoms with van der Waals surface area (Å²) in [6.45, 7) is 0.332. The van der Waals surface area contributed by atoms with Crippen LogP contribution in [0, 0.1) is 5.92 Å². The van der Waals surface area contributed by atoms with Crippen molar-refractivity contribution < 1.29 is 75.4 Å². The molecule has 0 saturated carbocycles. The Kier molecular flexibility index (Phi) is 6.88. The third-order valence-electron chi connectivity index (χ3n) is 3.56. The summed E-state index contributed by atoms with van der Waals surface area (Å²) in [6.07, 6.45) is -10.4. The van der Waals surface area contributed by atoms with Crippen molar-refractivity contribution in [3.05, 3.63) is 0 Å². The second-order valence-corrected chi connectivity index (χ2v) is 5.70. The number of carbonyl (C=O) groups excluding carboxylic acids is 1. The van der Waals surface area contributed by atoms with Crippen molar-refractivity contribution >= 4 is 5.97 Å². The maximum absolute atomic E-state index is 13.5. The molecule has 1 unspecified atom stereocenters. The summed E-state index contributed by atoms with van der Waals surface area (Å²) >= 11 is 0. The lowest BCUT2D eigenvalue weighted by Crippen LogP contribution is -2.72. The molecule has 0 aromatic carbocycles. The standard InChI is InChI=1S/C12H9F15O2/c1-4(5(28)29-2)3-6(13,14)7(15,16)8(17,18)9(19,20)10(21,22)11(23,24)12(25,26)27/h4H,3H2,1-2H3. The molecule has 0 rings (SSSR count). The molecule has 0 heterocycles. The zero-order valence-electron chi connectivity index (χ0n) is 13.8. The first kappa shape index (κ1) is 27.4. The Morgan fingerprint density at radius 3 is 1.28 bits per heavy atom. The van der Waals surface area contributed by atoms with Gasteiger partial charge in [-0.15, -0.1) is 0 Å². The minimum Gasteiger partial charge on any atom is -0.469 e. The van der Waals surface area contributed by atoms with Crippen molar-refractivity contribution in [1.82, 2.24) is 0 Å². The molecular weight excluding hydrogens is 461 g/mol. The van der Waals surface area contributed by atoms with Crippen molar-refractivity contribution in [2.24, 2.45) is 5.92 Å². The van der Waals surface area contributed by atoms with Crippen molar-refractivity contribution in [2.45, 2.75) is 55.1 Å². The van der Waals surface area contributed by atoms with Crippen molar-refractivity contribution in [2.75, 3.05) is 7.11 Å². The van der Waals surface area contributed by atoms with Crippen molar-refractivity contribution in [1.29, 1.82) is 0 Å². The SMILES string of the molecule is COC(=O)C(C)CC(F)(F)C(F)(F)C(F)(F)C(F)(F)C(F)(F)C(F)(F)C(F)(F)F. The van der Waals surface area contributed by atoms with Gasteiger partial charge in [0, 0.05) is 6.42 Å². The van der Waals surface area contributed by atoms with Gasteiger partial charge in [-0.3, -0.25) is 4.79 Å². The van der Waals surface area contributed by atoms with Crippen molar-refractivity contribution in [3.63, 3.8) is 0 Å². The van der Waals surface area contributed by atoms with Gasteiger partial charge in [0.1, 0.15) is 0 Å². The number of alkyl halides is 15. The highest BCUT2D eigenvalue weighted by molar-refractivity contribution is 5.71. The van der Waals surface area contributed by atoms with Gasteiger partial charge in [-0.05, 0) is 0 Å².